The van der Waals surface area contributed by atoms with Crippen molar-refractivity contribution in [3.05, 3.63) is 82.3 Å². The zero-order valence-corrected chi connectivity index (χ0v) is 14.6. The van der Waals surface area contributed by atoms with E-state index in [1.54, 1.807) is 7.11 Å². The first-order valence-electron chi connectivity index (χ1n) is 7.57. The van der Waals surface area contributed by atoms with E-state index in [2.05, 4.69) is 15.9 Å². The molecule has 0 aromatic heterocycles. The number of rotatable bonds is 2. The zero-order chi connectivity index (χ0) is 16.7. The van der Waals surface area contributed by atoms with Gasteiger partial charge in [-0.3, -0.25) is 0 Å². The average molecular weight is 383 g/mol. The molecule has 24 heavy (non-hydrogen) atoms. The summed E-state index contributed by atoms with van der Waals surface area (Å²) in [5.74, 6) is -0.174. The fourth-order valence-corrected chi connectivity index (χ4v) is 3.40. The highest BCUT2D eigenvalue weighted by Crippen LogP contribution is 2.47. The van der Waals surface area contributed by atoms with Gasteiger partial charge in [-0.05, 0) is 48.0 Å². The lowest BCUT2D eigenvalue weighted by molar-refractivity contribution is -0.110. The summed E-state index contributed by atoms with van der Waals surface area (Å²) >= 11 is 3.46. The van der Waals surface area contributed by atoms with Gasteiger partial charge in [0.2, 0.25) is 0 Å². The molecule has 4 heteroatoms. The van der Waals surface area contributed by atoms with Crippen LogP contribution in [0.1, 0.15) is 11.1 Å². The van der Waals surface area contributed by atoms with E-state index in [0.717, 1.165) is 26.9 Å². The molecule has 0 amide bonds. The minimum Gasteiger partial charge on any atom is -0.497 e. The van der Waals surface area contributed by atoms with Gasteiger partial charge in [-0.25, -0.2) is 0 Å². The van der Waals surface area contributed by atoms with Crippen molar-refractivity contribution in [2.24, 2.45) is 0 Å². The average Bonchev–Trinajstić information content (AvgIpc) is 2.62. The Morgan fingerprint density at radius 2 is 1.71 bits per heavy atom. The van der Waals surface area contributed by atoms with Crippen LogP contribution in [0.15, 0.2) is 71.2 Å². The van der Waals surface area contributed by atoms with Crippen molar-refractivity contribution in [1.29, 1.82) is 0 Å². The molecule has 0 aliphatic carbocycles. The normalized spacial score (nSPS) is 18.3. The zero-order valence-electron chi connectivity index (χ0n) is 13.0. The quantitative estimate of drug-likeness (QED) is 0.697. The van der Waals surface area contributed by atoms with Crippen molar-refractivity contribution < 1.29 is 14.6 Å². The number of halogens is 1. The van der Waals surface area contributed by atoms with Crippen LogP contribution in [0, 0.1) is 0 Å². The second-order valence-corrected chi connectivity index (χ2v) is 6.58. The van der Waals surface area contributed by atoms with Gasteiger partial charge in [-0.15, -0.1) is 0 Å². The minimum atomic E-state index is -1.54. The molecule has 1 aliphatic heterocycles. The monoisotopic (exact) mass is 382 g/mol. The minimum absolute atomic E-state index is 0.640. The third-order valence-corrected chi connectivity index (χ3v) is 4.76. The van der Waals surface area contributed by atoms with Gasteiger partial charge in [0, 0.05) is 21.2 Å². The van der Waals surface area contributed by atoms with E-state index >= 15 is 0 Å². The Bertz CT molecular complexity index is 905. The first-order valence-corrected chi connectivity index (χ1v) is 8.36. The Labute approximate surface area is 148 Å². The summed E-state index contributed by atoms with van der Waals surface area (Å²) in [6.07, 6.45) is 0. The molecule has 0 fully saturated rings. The lowest BCUT2D eigenvalue weighted by Crippen LogP contribution is -2.37. The highest BCUT2D eigenvalue weighted by Gasteiger charge is 2.40. The summed E-state index contributed by atoms with van der Waals surface area (Å²) in [6.45, 7) is 0. The van der Waals surface area contributed by atoms with Gasteiger partial charge in [0.15, 0.2) is 0 Å². The van der Waals surface area contributed by atoms with Crippen molar-refractivity contribution >= 4 is 15.9 Å². The van der Waals surface area contributed by atoms with Crippen LogP contribution >= 0.6 is 15.9 Å². The van der Waals surface area contributed by atoms with Crippen molar-refractivity contribution in [2.75, 3.05) is 7.11 Å². The lowest BCUT2D eigenvalue weighted by atomic mass is 9.87. The first-order chi connectivity index (χ1) is 11.6. The van der Waals surface area contributed by atoms with Crippen LogP contribution in [0.2, 0.25) is 0 Å². The molecule has 0 spiro atoms. The van der Waals surface area contributed by atoms with Gasteiger partial charge < -0.3 is 14.6 Å². The molecular formula is C20H15BrO3. The number of hydrogen-bond acceptors (Lipinski definition) is 3. The SMILES string of the molecule is COc1ccc(C2(O)Oc3cc(Br)ccc3-c3ccccc32)cc1. The van der Waals surface area contributed by atoms with E-state index in [4.69, 9.17) is 9.47 Å². The highest BCUT2D eigenvalue weighted by molar-refractivity contribution is 9.10. The van der Waals surface area contributed by atoms with E-state index in [9.17, 15) is 5.11 Å². The predicted octanol–water partition coefficient (Wildman–Crippen LogP) is 4.71. The van der Waals surface area contributed by atoms with Gasteiger partial charge in [-0.1, -0.05) is 40.2 Å². The molecule has 1 N–H and O–H groups in total. The van der Waals surface area contributed by atoms with E-state index in [0.29, 0.717) is 11.3 Å². The van der Waals surface area contributed by atoms with Crippen molar-refractivity contribution in [3.8, 4) is 22.6 Å². The molecule has 4 rings (SSSR count). The number of benzene rings is 3. The van der Waals surface area contributed by atoms with Crippen LogP contribution in [0.3, 0.4) is 0 Å². The van der Waals surface area contributed by atoms with E-state index < -0.39 is 5.79 Å². The summed E-state index contributed by atoms with van der Waals surface area (Å²) in [4.78, 5) is 0. The molecule has 0 bridgehead atoms. The van der Waals surface area contributed by atoms with Gasteiger partial charge in [0.25, 0.3) is 5.79 Å². The molecule has 3 aromatic rings. The lowest BCUT2D eigenvalue weighted by Gasteiger charge is -2.36. The van der Waals surface area contributed by atoms with Crippen LogP contribution in [0.4, 0.5) is 0 Å². The number of ether oxygens (including phenoxy) is 2. The maximum absolute atomic E-state index is 11.4. The van der Waals surface area contributed by atoms with Crippen LogP contribution in [-0.2, 0) is 5.79 Å². The predicted molar refractivity (Wildman–Crippen MR) is 96.2 cm³/mol. The molecule has 3 nitrogen and oxygen atoms in total. The van der Waals surface area contributed by atoms with Crippen LogP contribution < -0.4 is 9.47 Å². The van der Waals surface area contributed by atoms with Gasteiger partial charge in [0.05, 0.1) is 7.11 Å². The summed E-state index contributed by atoms with van der Waals surface area (Å²) in [5.41, 5.74) is 3.31. The van der Waals surface area contributed by atoms with Crippen molar-refractivity contribution in [3.63, 3.8) is 0 Å². The standard InChI is InChI=1S/C20H15BrO3/c1-23-15-9-6-13(7-10-15)20(22)18-5-3-2-4-16(18)17-11-8-14(21)12-19(17)24-20/h2-12,22H,1H3. The van der Waals surface area contributed by atoms with E-state index in [-0.39, 0.29) is 0 Å². The van der Waals surface area contributed by atoms with Crippen LogP contribution in [0.25, 0.3) is 11.1 Å². The fourth-order valence-electron chi connectivity index (χ4n) is 3.06. The number of hydrogen-bond donors (Lipinski definition) is 1. The number of fused-ring (bicyclic) bond motifs is 3. The molecule has 0 saturated carbocycles. The molecule has 1 unspecified atom stereocenters. The van der Waals surface area contributed by atoms with Gasteiger partial charge >= 0.3 is 0 Å². The Balaban J connectivity index is 1.93. The molecule has 0 radical (unpaired) electrons. The Morgan fingerprint density at radius 3 is 2.46 bits per heavy atom. The number of aliphatic hydroxyl groups is 1. The fraction of sp³-hybridized carbons (Fsp3) is 0.100. The Morgan fingerprint density at radius 1 is 0.958 bits per heavy atom. The summed E-state index contributed by atoms with van der Waals surface area (Å²) in [6, 6.07) is 20.9. The second-order valence-electron chi connectivity index (χ2n) is 5.66. The topological polar surface area (TPSA) is 38.7 Å². The van der Waals surface area contributed by atoms with Crippen molar-refractivity contribution in [1.82, 2.24) is 0 Å². The maximum atomic E-state index is 11.4. The van der Waals surface area contributed by atoms with E-state index in [1.807, 2.05) is 66.7 Å². The summed E-state index contributed by atoms with van der Waals surface area (Å²) < 4.78 is 12.2. The smallest absolute Gasteiger partial charge is 0.262 e. The largest absolute Gasteiger partial charge is 0.497 e. The summed E-state index contributed by atoms with van der Waals surface area (Å²) in [7, 11) is 1.61. The molecule has 1 heterocycles. The molecule has 3 aromatic carbocycles. The third-order valence-electron chi connectivity index (χ3n) is 4.26. The third kappa shape index (κ3) is 2.30. The second kappa shape index (κ2) is 5.65. The summed E-state index contributed by atoms with van der Waals surface area (Å²) in [5, 5.41) is 11.4. The maximum Gasteiger partial charge on any atom is 0.262 e. The van der Waals surface area contributed by atoms with Crippen LogP contribution in [-0.4, -0.2) is 12.2 Å². The molecular weight excluding hydrogens is 368 g/mol. The molecule has 1 atom stereocenters. The van der Waals surface area contributed by atoms with Crippen molar-refractivity contribution in [2.45, 2.75) is 5.79 Å². The molecule has 0 saturated heterocycles. The number of methoxy groups -OCH3 is 1. The van der Waals surface area contributed by atoms with Gasteiger partial charge in [-0.2, -0.15) is 0 Å². The molecule has 1 aliphatic rings. The highest BCUT2D eigenvalue weighted by atomic mass is 79.9. The van der Waals surface area contributed by atoms with Gasteiger partial charge in [0.1, 0.15) is 11.5 Å². The Hall–Kier alpha value is -2.30. The first kappa shape index (κ1) is 15.2. The Kier molecular flexibility index (Phi) is 3.59. The molecule has 120 valence electrons. The van der Waals surface area contributed by atoms with Crippen LogP contribution in [0.5, 0.6) is 11.5 Å². The van der Waals surface area contributed by atoms with E-state index in [1.165, 1.54) is 0 Å².